The zero-order valence-corrected chi connectivity index (χ0v) is 13.8. The predicted molar refractivity (Wildman–Crippen MR) is 91.8 cm³/mol. The van der Waals surface area contributed by atoms with Gasteiger partial charge in [-0.2, -0.15) is 0 Å². The van der Waals surface area contributed by atoms with Gasteiger partial charge in [-0.15, -0.1) is 0 Å². The summed E-state index contributed by atoms with van der Waals surface area (Å²) in [6.07, 6.45) is 0.689. The molecule has 0 aliphatic carbocycles. The number of amides is 2. The fraction of sp³-hybridized carbons (Fsp3) is 0.375. The molecule has 120 valence electrons. The van der Waals surface area contributed by atoms with Gasteiger partial charge in [-0.25, -0.2) is 9.89 Å². The number of nitrogens with zero attached hydrogens (tertiary/aromatic N) is 3. The minimum atomic E-state index is -0.444. The summed E-state index contributed by atoms with van der Waals surface area (Å²) in [7, 11) is 0. The van der Waals surface area contributed by atoms with Crippen LogP contribution in [0.4, 0.5) is 5.69 Å². The first kappa shape index (κ1) is 15.7. The molecule has 7 heteroatoms. The highest BCUT2D eigenvalue weighted by Gasteiger charge is 2.41. The van der Waals surface area contributed by atoms with E-state index in [0.29, 0.717) is 23.3 Å². The van der Waals surface area contributed by atoms with Crippen molar-refractivity contribution in [3.63, 3.8) is 0 Å². The third-order valence-electron chi connectivity index (χ3n) is 3.59. The zero-order valence-electron chi connectivity index (χ0n) is 13.0. The van der Waals surface area contributed by atoms with E-state index in [9.17, 15) is 9.59 Å². The van der Waals surface area contributed by atoms with Gasteiger partial charge in [0.25, 0.3) is 5.91 Å². The lowest BCUT2D eigenvalue weighted by molar-refractivity contribution is -0.125. The number of thioether (sulfide) groups is 1. The van der Waals surface area contributed by atoms with E-state index in [2.05, 4.69) is 23.8 Å². The van der Waals surface area contributed by atoms with E-state index in [1.807, 2.05) is 24.3 Å². The maximum Gasteiger partial charge on any atom is 0.259 e. The van der Waals surface area contributed by atoms with Gasteiger partial charge < -0.3 is 5.73 Å². The van der Waals surface area contributed by atoms with Crippen LogP contribution in [0.5, 0.6) is 0 Å². The Hall–Kier alpha value is -2.15. The molecule has 2 aliphatic heterocycles. The number of fused-ring (bicyclic) bond motifs is 3. The highest BCUT2D eigenvalue weighted by Crippen LogP contribution is 2.34. The largest absolute Gasteiger partial charge is 0.369 e. The third-order valence-corrected chi connectivity index (χ3v) is 4.55. The zero-order chi connectivity index (χ0) is 16.6. The van der Waals surface area contributed by atoms with E-state index in [0.717, 1.165) is 11.3 Å². The van der Waals surface area contributed by atoms with Gasteiger partial charge in [-0.1, -0.05) is 37.7 Å². The molecule has 0 saturated heterocycles. The summed E-state index contributed by atoms with van der Waals surface area (Å²) in [6.45, 7) is 4.13. The molecule has 0 saturated carbocycles. The second-order valence-electron chi connectivity index (χ2n) is 5.94. The van der Waals surface area contributed by atoms with Crippen molar-refractivity contribution < 1.29 is 9.59 Å². The average molecular weight is 330 g/mol. The molecule has 1 aromatic carbocycles. The molecule has 0 radical (unpaired) electrons. The van der Waals surface area contributed by atoms with Gasteiger partial charge in [0.1, 0.15) is 11.9 Å². The number of amidine groups is 2. The lowest BCUT2D eigenvalue weighted by atomic mass is 10.0. The monoisotopic (exact) mass is 330 g/mol. The van der Waals surface area contributed by atoms with Crippen molar-refractivity contribution in [2.24, 2.45) is 21.6 Å². The van der Waals surface area contributed by atoms with Crippen LogP contribution in [0, 0.1) is 5.92 Å². The number of carbonyl (C=O) groups excluding carboxylic acids is 2. The summed E-state index contributed by atoms with van der Waals surface area (Å²) < 4.78 is 0. The second-order valence-corrected chi connectivity index (χ2v) is 6.88. The highest BCUT2D eigenvalue weighted by atomic mass is 32.2. The van der Waals surface area contributed by atoms with Crippen molar-refractivity contribution in [3.05, 3.63) is 29.8 Å². The summed E-state index contributed by atoms with van der Waals surface area (Å²) in [6, 6.07) is 7.18. The molecule has 1 aromatic rings. The van der Waals surface area contributed by atoms with Crippen LogP contribution in [0.3, 0.4) is 0 Å². The number of carbonyl (C=O) groups is 2. The van der Waals surface area contributed by atoms with Crippen LogP contribution in [0.15, 0.2) is 34.3 Å². The average Bonchev–Trinajstić information content (AvgIpc) is 2.82. The highest BCUT2D eigenvalue weighted by molar-refractivity contribution is 8.14. The standard InChI is InChI=1S/C16H18N4O2S/c1-9(2)7-12-15(22)20-14(18-12)10-5-3-4-6-11(10)19-16(20)23-8-13(17)21/h3-6,9,12H,7-8H2,1-2H3,(H2,17,21)/t12-/m0/s1. The topological polar surface area (TPSA) is 88.1 Å². The molecule has 0 fully saturated rings. The first-order valence-electron chi connectivity index (χ1n) is 7.48. The Morgan fingerprint density at radius 1 is 1.39 bits per heavy atom. The molecular weight excluding hydrogens is 312 g/mol. The Morgan fingerprint density at radius 2 is 2.13 bits per heavy atom. The molecule has 6 nitrogen and oxygen atoms in total. The number of aliphatic imine (C=N–C) groups is 2. The number of rotatable bonds is 4. The normalized spacial score (nSPS) is 19.3. The second kappa shape index (κ2) is 6.16. The molecule has 1 atom stereocenters. The molecule has 0 bridgehead atoms. The van der Waals surface area contributed by atoms with Crippen LogP contribution in [0.1, 0.15) is 25.8 Å². The van der Waals surface area contributed by atoms with Crippen molar-refractivity contribution >= 4 is 40.3 Å². The van der Waals surface area contributed by atoms with Gasteiger partial charge in [-0.05, 0) is 24.5 Å². The summed E-state index contributed by atoms with van der Waals surface area (Å²) in [5.41, 5.74) is 6.82. The number of nitrogens with two attached hydrogens (primary N) is 1. The lowest BCUT2D eigenvalue weighted by Gasteiger charge is -2.25. The van der Waals surface area contributed by atoms with Crippen molar-refractivity contribution in [1.82, 2.24) is 4.90 Å². The van der Waals surface area contributed by atoms with Crippen molar-refractivity contribution in [1.29, 1.82) is 0 Å². The van der Waals surface area contributed by atoms with E-state index in [1.165, 1.54) is 16.7 Å². The van der Waals surface area contributed by atoms with Crippen LogP contribution >= 0.6 is 11.8 Å². The summed E-state index contributed by atoms with van der Waals surface area (Å²) in [5.74, 6) is 0.536. The van der Waals surface area contributed by atoms with Gasteiger partial charge in [-0.3, -0.25) is 14.6 Å². The van der Waals surface area contributed by atoms with Crippen LogP contribution in [0.25, 0.3) is 0 Å². The van der Waals surface area contributed by atoms with Crippen molar-refractivity contribution in [2.45, 2.75) is 26.3 Å². The van der Waals surface area contributed by atoms with Gasteiger partial charge >= 0.3 is 0 Å². The van der Waals surface area contributed by atoms with Crippen LogP contribution < -0.4 is 5.73 Å². The number of hydrogen-bond donors (Lipinski definition) is 1. The molecule has 2 N–H and O–H groups in total. The summed E-state index contributed by atoms with van der Waals surface area (Å²) in [5, 5.41) is 0.470. The Labute approximate surface area is 138 Å². The van der Waals surface area contributed by atoms with E-state index < -0.39 is 11.9 Å². The summed E-state index contributed by atoms with van der Waals surface area (Å²) >= 11 is 1.17. The molecule has 0 spiro atoms. The van der Waals surface area contributed by atoms with Gasteiger partial charge in [0.15, 0.2) is 5.17 Å². The van der Waals surface area contributed by atoms with Gasteiger partial charge in [0, 0.05) is 5.56 Å². The number of hydrogen-bond acceptors (Lipinski definition) is 5. The fourth-order valence-electron chi connectivity index (χ4n) is 2.63. The molecule has 2 heterocycles. The molecule has 2 amide bonds. The SMILES string of the molecule is CC(C)C[C@@H]1N=C2c3ccccc3N=C(SCC(N)=O)N2C1=O. The minimum Gasteiger partial charge on any atom is -0.369 e. The first-order valence-corrected chi connectivity index (χ1v) is 8.47. The van der Waals surface area contributed by atoms with Crippen LogP contribution in [-0.2, 0) is 9.59 Å². The quantitative estimate of drug-likeness (QED) is 0.914. The molecule has 23 heavy (non-hydrogen) atoms. The number of benzene rings is 1. The Bertz CT molecular complexity index is 727. The maximum atomic E-state index is 12.7. The molecule has 2 aliphatic rings. The summed E-state index contributed by atoms with van der Waals surface area (Å²) in [4.78, 5) is 34.5. The van der Waals surface area contributed by atoms with Gasteiger partial charge in [0.05, 0.1) is 11.4 Å². The number of para-hydroxylation sites is 1. The third kappa shape index (κ3) is 3.01. The Balaban J connectivity index is 2.01. The van der Waals surface area contributed by atoms with Crippen LogP contribution in [0.2, 0.25) is 0 Å². The lowest BCUT2D eigenvalue weighted by Crippen LogP contribution is -2.41. The smallest absolute Gasteiger partial charge is 0.259 e. The van der Waals surface area contributed by atoms with E-state index in [-0.39, 0.29) is 11.7 Å². The molecular formula is C16H18N4O2S. The molecule has 0 unspecified atom stereocenters. The Kier molecular flexibility index (Phi) is 4.21. The molecule has 0 aromatic heterocycles. The van der Waals surface area contributed by atoms with E-state index >= 15 is 0 Å². The van der Waals surface area contributed by atoms with Crippen LogP contribution in [-0.4, -0.2) is 39.5 Å². The molecule has 3 rings (SSSR count). The maximum absolute atomic E-state index is 12.7. The predicted octanol–water partition coefficient (Wildman–Crippen LogP) is 1.91. The Morgan fingerprint density at radius 3 is 2.83 bits per heavy atom. The fourth-order valence-corrected chi connectivity index (χ4v) is 3.37. The first-order chi connectivity index (χ1) is 11.0. The number of primary amides is 1. The van der Waals surface area contributed by atoms with Crippen molar-refractivity contribution in [3.8, 4) is 0 Å². The van der Waals surface area contributed by atoms with Gasteiger partial charge in [0.2, 0.25) is 5.91 Å². The van der Waals surface area contributed by atoms with E-state index in [1.54, 1.807) is 0 Å². The minimum absolute atomic E-state index is 0.0763. The van der Waals surface area contributed by atoms with Crippen molar-refractivity contribution in [2.75, 3.05) is 5.75 Å². The van der Waals surface area contributed by atoms with E-state index in [4.69, 9.17) is 5.73 Å².